The standard InChI is InChI=1S/C25H17N3O2S3/c29-23-19(15-20-24(30)28(25(31)33-20)16-17-9-3-1-4-10-17)22(32-18-11-5-2-6-12-18)26-21-13-7-8-14-27(21)23/h1-15H,16H2. The van der Waals surface area contributed by atoms with Gasteiger partial charge in [-0.1, -0.05) is 90.3 Å². The van der Waals surface area contributed by atoms with Gasteiger partial charge in [0.2, 0.25) is 0 Å². The van der Waals surface area contributed by atoms with E-state index in [-0.39, 0.29) is 11.5 Å². The van der Waals surface area contributed by atoms with E-state index in [2.05, 4.69) is 0 Å². The number of pyridine rings is 1. The summed E-state index contributed by atoms with van der Waals surface area (Å²) < 4.78 is 1.97. The van der Waals surface area contributed by atoms with Crippen LogP contribution in [0.4, 0.5) is 0 Å². The van der Waals surface area contributed by atoms with Crippen LogP contribution in [-0.2, 0) is 11.3 Å². The summed E-state index contributed by atoms with van der Waals surface area (Å²) in [5.74, 6) is -0.206. The second-order valence-corrected chi connectivity index (χ2v) is 9.97. The van der Waals surface area contributed by atoms with Crippen molar-refractivity contribution in [3.8, 4) is 0 Å². The van der Waals surface area contributed by atoms with Crippen LogP contribution >= 0.6 is 35.7 Å². The van der Waals surface area contributed by atoms with Gasteiger partial charge in [-0.2, -0.15) is 0 Å². The number of hydrogen-bond donors (Lipinski definition) is 0. The van der Waals surface area contributed by atoms with E-state index in [4.69, 9.17) is 17.2 Å². The molecule has 2 aromatic heterocycles. The largest absolute Gasteiger partial charge is 0.288 e. The number of thiocarbonyl (C=S) groups is 1. The Labute approximate surface area is 204 Å². The second-order valence-electron chi connectivity index (χ2n) is 7.23. The minimum atomic E-state index is -0.229. The van der Waals surface area contributed by atoms with E-state index >= 15 is 0 Å². The fourth-order valence-corrected chi connectivity index (χ4v) is 5.57. The van der Waals surface area contributed by atoms with Crippen molar-refractivity contribution in [1.82, 2.24) is 14.3 Å². The molecule has 0 unspecified atom stereocenters. The Balaban J connectivity index is 1.56. The number of nitrogens with zero attached hydrogens (tertiary/aromatic N) is 3. The lowest BCUT2D eigenvalue weighted by atomic mass is 10.2. The molecule has 4 aromatic rings. The third-order valence-electron chi connectivity index (χ3n) is 5.02. The number of thioether (sulfide) groups is 1. The van der Waals surface area contributed by atoms with E-state index in [0.717, 1.165) is 10.5 Å². The molecule has 5 rings (SSSR count). The van der Waals surface area contributed by atoms with Crippen molar-refractivity contribution in [2.75, 3.05) is 0 Å². The van der Waals surface area contributed by atoms with Gasteiger partial charge in [0.15, 0.2) is 0 Å². The highest BCUT2D eigenvalue weighted by atomic mass is 32.2. The van der Waals surface area contributed by atoms with Crippen molar-refractivity contribution in [2.45, 2.75) is 16.5 Å². The third-order valence-corrected chi connectivity index (χ3v) is 7.41. The molecule has 1 amide bonds. The highest BCUT2D eigenvalue weighted by Crippen LogP contribution is 2.35. The van der Waals surface area contributed by atoms with Crippen molar-refractivity contribution >= 4 is 57.7 Å². The second kappa shape index (κ2) is 9.35. The summed E-state index contributed by atoms with van der Waals surface area (Å²) in [6.45, 7) is 0.392. The molecule has 8 heteroatoms. The number of carbonyl (C=O) groups is 1. The lowest BCUT2D eigenvalue weighted by Crippen LogP contribution is -2.27. The van der Waals surface area contributed by atoms with Crippen molar-refractivity contribution in [3.05, 3.63) is 111 Å². The molecule has 1 aliphatic rings. The number of hydrogen-bond acceptors (Lipinski definition) is 6. The van der Waals surface area contributed by atoms with Gasteiger partial charge in [-0.15, -0.1) is 0 Å². The van der Waals surface area contributed by atoms with Gasteiger partial charge in [-0.3, -0.25) is 18.9 Å². The van der Waals surface area contributed by atoms with Crippen molar-refractivity contribution in [2.24, 2.45) is 0 Å². The minimum Gasteiger partial charge on any atom is -0.288 e. The highest BCUT2D eigenvalue weighted by molar-refractivity contribution is 8.26. The van der Waals surface area contributed by atoms with Crippen LogP contribution in [-0.4, -0.2) is 24.5 Å². The number of aromatic nitrogens is 2. The third kappa shape index (κ3) is 4.50. The summed E-state index contributed by atoms with van der Waals surface area (Å²) >= 11 is 8.09. The molecule has 0 saturated carbocycles. The van der Waals surface area contributed by atoms with Crippen LogP contribution in [0, 0.1) is 0 Å². The Morgan fingerprint density at radius 3 is 2.39 bits per heavy atom. The van der Waals surface area contributed by atoms with Gasteiger partial charge in [0, 0.05) is 11.1 Å². The zero-order valence-electron chi connectivity index (χ0n) is 17.3. The quantitative estimate of drug-likeness (QED) is 0.218. The molecule has 5 nitrogen and oxygen atoms in total. The highest BCUT2D eigenvalue weighted by Gasteiger charge is 2.32. The molecule has 1 saturated heterocycles. The van der Waals surface area contributed by atoms with Gasteiger partial charge in [0.05, 0.1) is 17.0 Å². The first-order chi connectivity index (χ1) is 16.1. The fraction of sp³-hybridized carbons (Fsp3) is 0.0400. The Kier molecular flexibility index (Phi) is 6.13. The minimum absolute atomic E-state index is 0.206. The normalized spacial score (nSPS) is 15.0. The van der Waals surface area contributed by atoms with E-state index < -0.39 is 0 Å². The smallest absolute Gasteiger partial charge is 0.266 e. The van der Waals surface area contributed by atoms with Crippen LogP contribution in [0.5, 0.6) is 0 Å². The predicted octanol–water partition coefficient (Wildman–Crippen LogP) is 5.25. The monoisotopic (exact) mass is 487 g/mol. The van der Waals surface area contributed by atoms with Crippen LogP contribution in [0.2, 0.25) is 0 Å². The Bertz CT molecular complexity index is 1450. The van der Waals surface area contributed by atoms with E-state index in [1.807, 2.05) is 66.7 Å². The Morgan fingerprint density at radius 1 is 0.939 bits per heavy atom. The average molecular weight is 488 g/mol. The number of benzene rings is 2. The van der Waals surface area contributed by atoms with Gasteiger partial charge in [0.25, 0.3) is 11.5 Å². The molecule has 0 radical (unpaired) electrons. The zero-order chi connectivity index (χ0) is 22.8. The molecule has 1 aliphatic heterocycles. The predicted molar refractivity (Wildman–Crippen MR) is 137 cm³/mol. The maximum Gasteiger partial charge on any atom is 0.266 e. The van der Waals surface area contributed by atoms with Gasteiger partial charge in [0.1, 0.15) is 15.0 Å². The van der Waals surface area contributed by atoms with E-state index in [9.17, 15) is 9.59 Å². The van der Waals surface area contributed by atoms with Crippen LogP contribution < -0.4 is 5.56 Å². The molecule has 0 aliphatic carbocycles. The molecule has 3 heterocycles. The molecule has 162 valence electrons. The molecule has 0 N–H and O–H groups in total. The summed E-state index contributed by atoms with van der Waals surface area (Å²) in [6.07, 6.45) is 3.31. The summed E-state index contributed by atoms with van der Waals surface area (Å²) in [4.78, 5) is 34.2. The van der Waals surface area contributed by atoms with Gasteiger partial charge in [-0.25, -0.2) is 4.98 Å². The first-order valence-electron chi connectivity index (χ1n) is 10.1. The summed E-state index contributed by atoms with van der Waals surface area (Å²) in [7, 11) is 0. The van der Waals surface area contributed by atoms with E-state index in [1.54, 1.807) is 29.3 Å². The van der Waals surface area contributed by atoms with Crippen molar-refractivity contribution < 1.29 is 4.79 Å². The number of carbonyl (C=O) groups excluding carboxylic acids is 1. The van der Waals surface area contributed by atoms with Gasteiger partial charge >= 0.3 is 0 Å². The van der Waals surface area contributed by atoms with E-state index in [0.29, 0.717) is 32.0 Å². The van der Waals surface area contributed by atoms with E-state index in [1.165, 1.54) is 27.9 Å². The first-order valence-corrected chi connectivity index (χ1v) is 12.2. The molecule has 0 atom stereocenters. The number of amides is 1. The molecule has 1 fully saturated rings. The maximum atomic E-state index is 13.4. The molecular weight excluding hydrogens is 470 g/mol. The van der Waals surface area contributed by atoms with Crippen LogP contribution in [0.1, 0.15) is 11.1 Å². The van der Waals surface area contributed by atoms with Gasteiger partial charge in [-0.05, 0) is 35.9 Å². The van der Waals surface area contributed by atoms with Crippen LogP contribution in [0.15, 0.2) is 105 Å². The SMILES string of the molecule is O=C1C(=Cc2c(Sc3ccccc3)nc3ccccn3c2=O)SC(=S)N1Cc1ccccc1. The van der Waals surface area contributed by atoms with Gasteiger partial charge < -0.3 is 0 Å². The lowest BCUT2D eigenvalue weighted by Gasteiger charge is -2.14. The number of fused-ring (bicyclic) bond motifs is 1. The molecule has 0 spiro atoms. The summed E-state index contributed by atoms with van der Waals surface area (Å²) in [6, 6.07) is 24.8. The fourth-order valence-electron chi connectivity index (χ4n) is 3.42. The molecular formula is C25H17N3O2S3. The average Bonchev–Trinajstić information content (AvgIpc) is 3.10. The summed E-state index contributed by atoms with van der Waals surface area (Å²) in [5, 5.41) is 0.547. The number of rotatable bonds is 5. The molecule has 2 aromatic carbocycles. The molecule has 33 heavy (non-hydrogen) atoms. The molecule has 0 bridgehead atoms. The zero-order valence-corrected chi connectivity index (χ0v) is 19.7. The Hall–Kier alpha value is -3.20. The topological polar surface area (TPSA) is 54.7 Å². The van der Waals surface area contributed by atoms with Crippen LogP contribution in [0.25, 0.3) is 11.7 Å². The summed E-state index contributed by atoms with van der Waals surface area (Å²) in [5.41, 5.74) is 1.68. The maximum absolute atomic E-state index is 13.4. The first kappa shape index (κ1) is 21.6. The Morgan fingerprint density at radius 2 is 1.64 bits per heavy atom. The lowest BCUT2D eigenvalue weighted by molar-refractivity contribution is -0.122. The van der Waals surface area contributed by atoms with Crippen molar-refractivity contribution in [1.29, 1.82) is 0 Å². The van der Waals surface area contributed by atoms with Crippen molar-refractivity contribution in [3.63, 3.8) is 0 Å². The van der Waals surface area contributed by atoms with Crippen LogP contribution in [0.3, 0.4) is 0 Å².